The van der Waals surface area contributed by atoms with Gasteiger partial charge >= 0.3 is 0 Å². The highest BCUT2D eigenvalue weighted by Gasteiger charge is 2.30. The summed E-state index contributed by atoms with van der Waals surface area (Å²) in [5.41, 5.74) is 3.30. The van der Waals surface area contributed by atoms with Crippen LogP contribution in [0.15, 0.2) is 35.5 Å². The Balaban J connectivity index is 2.86. The van der Waals surface area contributed by atoms with E-state index in [0.29, 0.717) is 11.3 Å². The van der Waals surface area contributed by atoms with Crippen molar-refractivity contribution in [1.29, 1.82) is 0 Å². The van der Waals surface area contributed by atoms with E-state index in [2.05, 4.69) is 58.9 Å². The van der Waals surface area contributed by atoms with Crippen LogP contribution in [0.3, 0.4) is 0 Å². The molecule has 1 aliphatic carbocycles. The lowest BCUT2D eigenvalue weighted by molar-refractivity contribution is 0.255. The Bertz CT molecular complexity index is 300. The monoisotopic (exact) mass is 204 g/mol. The molecule has 0 bridgehead atoms. The van der Waals surface area contributed by atoms with E-state index in [1.165, 1.54) is 24.0 Å². The van der Waals surface area contributed by atoms with Crippen molar-refractivity contribution in [2.75, 3.05) is 0 Å². The lowest BCUT2D eigenvalue weighted by Gasteiger charge is -2.36. The highest BCUT2D eigenvalue weighted by molar-refractivity contribution is 5.24. The predicted molar refractivity (Wildman–Crippen MR) is 68.8 cm³/mol. The van der Waals surface area contributed by atoms with Gasteiger partial charge in [0, 0.05) is 5.92 Å². The van der Waals surface area contributed by atoms with Gasteiger partial charge in [-0.3, -0.25) is 0 Å². The molecule has 0 nitrogen and oxygen atoms in total. The van der Waals surface area contributed by atoms with E-state index in [1.807, 2.05) is 0 Å². The standard InChI is InChI=1S/C15H24/c1-6-12(2)9-10-14-13(3)8-7-11-15(14,4)5/h6,8-10,14H,7,11H2,1-5H3/b10-9+,12-6-. The molecule has 0 saturated carbocycles. The number of hydrogen-bond acceptors (Lipinski definition) is 0. The molecule has 0 amide bonds. The van der Waals surface area contributed by atoms with Gasteiger partial charge in [-0.25, -0.2) is 0 Å². The van der Waals surface area contributed by atoms with Crippen molar-refractivity contribution < 1.29 is 0 Å². The van der Waals surface area contributed by atoms with Gasteiger partial charge in [-0.15, -0.1) is 0 Å². The molecule has 0 fully saturated rings. The van der Waals surface area contributed by atoms with Crippen molar-refractivity contribution >= 4 is 0 Å². The second-order valence-corrected chi connectivity index (χ2v) is 5.34. The first-order valence-electron chi connectivity index (χ1n) is 5.95. The van der Waals surface area contributed by atoms with Crippen LogP contribution >= 0.6 is 0 Å². The maximum atomic E-state index is 2.39. The third kappa shape index (κ3) is 3.09. The number of rotatable bonds is 2. The lowest BCUT2D eigenvalue weighted by Crippen LogP contribution is -2.26. The van der Waals surface area contributed by atoms with Crippen LogP contribution < -0.4 is 0 Å². The Morgan fingerprint density at radius 2 is 2.13 bits per heavy atom. The van der Waals surface area contributed by atoms with Crippen LogP contribution in [0.2, 0.25) is 0 Å². The fraction of sp³-hybridized carbons (Fsp3) is 0.600. The van der Waals surface area contributed by atoms with Crippen LogP contribution in [-0.2, 0) is 0 Å². The van der Waals surface area contributed by atoms with Gasteiger partial charge in [0.25, 0.3) is 0 Å². The molecule has 15 heavy (non-hydrogen) atoms. The van der Waals surface area contributed by atoms with Gasteiger partial charge in [0.2, 0.25) is 0 Å². The summed E-state index contributed by atoms with van der Waals surface area (Å²) in [5.74, 6) is 0.612. The SMILES string of the molecule is C/C=C(C)\C=C\C1C(C)=CCCC1(C)C. The smallest absolute Gasteiger partial charge is 0.00285 e. The number of allylic oxidation sites excluding steroid dienone is 6. The van der Waals surface area contributed by atoms with Crippen molar-refractivity contribution in [3.05, 3.63) is 35.5 Å². The zero-order valence-corrected chi connectivity index (χ0v) is 10.8. The molecule has 1 aliphatic rings. The van der Waals surface area contributed by atoms with Crippen molar-refractivity contribution in [2.45, 2.75) is 47.5 Å². The van der Waals surface area contributed by atoms with E-state index >= 15 is 0 Å². The molecule has 0 radical (unpaired) electrons. The summed E-state index contributed by atoms with van der Waals surface area (Å²) in [4.78, 5) is 0. The van der Waals surface area contributed by atoms with Gasteiger partial charge in [0.1, 0.15) is 0 Å². The first-order chi connectivity index (χ1) is 6.97. The lowest BCUT2D eigenvalue weighted by atomic mass is 9.68. The zero-order chi connectivity index (χ0) is 11.5. The van der Waals surface area contributed by atoms with Gasteiger partial charge in [-0.1, -0.05) is 49.3 Å². The van der Waals surface area contributed by atoms with E-state index < -0.39 is 0 Å². The van der Waals surface area contributed by atoms with Crippen LogP contribution in [-0.4, -0.2) is 0 Å². The second kappa shape index (κ2) is 4.83. The minimum Gasteiger partial charge on any atom is -0.0850 e. The average molecular weight is 204 g/mol. The van der Waals surface area contributed by atoms with Gasteiger partial charge < -0.3 is 0 Å². The van der Waals surface area contributed by atoms with E-state index in [9.17, 15) is 0 Å². The maximum absolute atomic E-state index is 2.39. The van der Waals surface area contributed by atoms with E-state index in [1.54, 1.807) is 0 Å². The van der Waals surface area contributed by atoms with Crippen LogP contribution in [0.5, 0.6) is 0 Å². The van der Waals surface area contributed by atoms with Crippen molar-refractivity contribution in [1.82, 2.24) is 0 Å². The molecular formula is C15H24. The summed E-state index contributed by atoms with van der Waals surface area (Å²) in [5, 5.41) is 0. The fourth-order valence-electron chi connectivity index (χ4n) is 2.33. The summed E-state index contributed by atoms with van der Waals surface area (Å²) < 4.78 is 0. The topological polar surface area (TPSA) is 0 Å². The minimum atomic E-state index is 0.420. The average Bonchev–Trinajstić information content (AvgIpc) is 2.15. The molecule has 0 heteroatoms. The largest absolute Gasteiger partial charge is 0.0850 e. The third-order valence-corrected chi connectivity index (χ3v) is 3.59. The molecule has 1 rings (SSSR count). The Kier molecular flexibility index (Phi) is 3.96. The summed E-state index contributed by atoms with van der Waals surface area (Å²) in [7, 11) is 0. The van der Waals surface area contributed by atoms with Crippen molar-refractivity contribution in [2.24, 2.45) is 11.3 Å². The molecule has 0 saturated heterocycles. The van der Waals surface area contributed by atoms with Crippen LogP contribution in [0.25, 0.3) is 0 Å². The zero-order valence-electron chi connectivity index (χ0n) is 10.8. The van der Waals surface area contributed by atoms with Gasteiger partial charge in [0.05, 0.1) is 0 Å². The molecule has 1 atom stereocenters. The van der Waals surface area contributed by atoms with Crippen LogP contribution in [0, 0.1) is 11.3 Å². The van der Waals surface area contributed by atoms with Gasteiger partial charge in [0.15, 0.2) is 0 Å². The molecule has 0 spiro atoms. The minimum absolute atomic E-state index is 0.420. The van der Waals surface area contributed by atoms with Gasteiger partial charge in [-0.2, -0.15) is 0 Å². The molecule has 0 N–H and O–H groups in total. The Hall–Kier alpha value is -0.780. The summed E-state index contributed by atoms with van der Waals surface area (Å²) in [6.07, 6.45) is 11.7. The molecule has 0 aromatic heterocycles. The predicted octanol–water partition coefficient (Wildman–Crippen LogP) is 4.89. The quantitative estimate of drug-likeness (QED) is 0.443. The number of hydrogen-bond donors (Lipinski definition) is 0. The summed E-state index contributed by atoms with van der Waals surface area (Å²) >= 11 is 0. The maximum Gasteiger partial charge on any atom is 0.00285 e. The molecule has 0 aromatic rings. The Morgan fingerprint density at radius 3 is 2.67 bits per heavy atom. The first-order valence-corrected chi connectivity index (χ1v) is 5.95. The molecule has 0 heterocycles. The third-order valence-electron chi connectivity index (χ3n) is 3.59. The Morgan fingerprint density at radius 1 is 1.47 bits per heavy atom. The highest BCUT2D eigenvalue weighted by Crippen LogP contribution is 2.41. The Labute approximate surface area is 94.8 Å². The molecule has 84 valence electrons. The summed E-state index contributed by atoms with van der Waals surface area (Å²) in [6, 6.07) is 0. The van der Waals surface area contributed by atoms with Gasteiger partial charge in [-0.05, 0) is 39.0 Å². The molecular weight excluding hydrogens is 180 g/mol. The first kappa shape index (κ1) is 12.3. The molecule has 0 aliphatic heterocycles. The van der Waals surface area contributed by atoms with E-state index in [4.69, 9.17) is 0 Å². The van der Waals surface area contributed by atoms with E-state index in [0.717, 1.165) is 0 Å². The van der Waals surface area contributed by atoms with E-state index in [-0.39, 0.29) is 0 Å². The molecule has 0 aromatic carbocycles. The summed E-state index contributed by atoms with van der Waals surface area (Å²) in [6.45, 7) is 11.3. The van der Waals surface area contributed by atoms with Crippen LogP contribution in [0.4, 0.5) is 0 Å². The fourth-order valence-corrected chi connectivity index (χ4v) is 2.33. The highest BCUT2D eigenvalue weighted by atomic mass is 14.3. The van der Waals surface area contributed by atoms with Crippen LogP contribution in [0.1, 0.15) is 47.5 Å². The van der Waals surface area contributed by atoms with Crippen molar-refractivity contribution in [3.8, 4) is 0 Å². The molecule has 1 unspecified atom stereocenters. The second-order valence-electron chi connectivity index (χ2n) is 5.34. The van der Waals surface area contributed by atoms with Crippen molar-refractivity contribution in [3.63, 3.8) is 0 Å². The normalized spacial score (nSPS) is 26.9.